The summed E-state index contributed by atoms with van der Waals surface area (Å²) in [5.74, 6) is 1.54. The van der Waals surface area contributed by atoms with Gasteiger partial charge >= 0.3 is 0 Å². The van der Waals surface area contributed by atoms with Gasteiger partial charge in [0.05, 0.1) is 11.5 Å². The van der Waals surface area contributed by atoms with Crippen LogP contribution in [0.5, 0.6) is 0 Å². The molecule has 3 unspecified atom stereocenters. The van der Waals surface area contributed by atoms with Crippen molar-refractivity contribution in [2.24, 2.45) is 10.9 Å². The fraction of sp³-hybridized carbons (Fsp3) is 0.632. The summed E-state index contributed by atoms with van der Waals surface area (Å²) in [6.45, 7) is 1.85. The third-order valence-corrected chi connectivity index (χ3v) is 7.53. The summed E-state index contributed by atoms with van der Waals surface area (Å²) in [5, 5.41) is 7.44. The van der Waals surface area contributed by atoms with Crippen molar-refractivity contribution < 1.29 is 8.42 Å². The Bertz CT molecular complexity index is 784. The molecular weight excluding hydrogens is 384 g/mol. The standard InChI is InChI=1S/C19H29ClN4O2S/c1-21-19(23-17-8-10-27(25,26)13-17)22-12-15-6-4-9-24(2)18(15)14-5-3-7-16(20)11-14/h3,5,7,11,15,17-18H,4,6,8-10,12-13H2,1-2H3,(H2,21,22,23). The van der Waals surface area contributed by atoms with Gasteiger partial charge in [0.25, 0.3) is 0 Å². The molecule has 0 saturated carbocycles. The van der Waals surface area contributed by atoms with E-state index in [0.29, 0.717) is 24.3 Å². The first kappa shape index (κ1) is 20.4. The van der Waals surface area contributed by atoms with Gasteiger partial charge < -0.3 is 10.6 Å². The molecule has 2 aliphatic heterocycles. The van der Waals surface area contributed by atoms with Crippen molar-refractivity contribution in [3.8, 4) is 0 Å². The summed E-state index contributed by atoms with van der Waals surface area (Å²) < 4.78 is 23.3. The number of benzene rings is 1. The number of rotatable bonds is 4. The van der Waals surface area contributed by atoms with Gasteiger partial charge in [-0.05, 0) is 56.5 Å². The number of likely N-dealkylation sites (tertiary alicyclic amines) is 1. The maximum absolute atomic E-state index is 11.7. The Labute approximate surface area is 167 Å². The van der Waals surface area contributed by atoms with Gasteiger partial charge in [-0.15, -0.1) is 0 Å². The smallest absolute Gasteiger partial charge is 0.191 e. The molecule has 1 aromatic rings. The Balaban J connectivity index is 1.63. The maximum atomic E-state index is 11.7. The highest BCUT2D eigenvalue weighted by molar-refractivity contribution is 7.91. The van der Waals surface area contributed by atoms with Crippen molar-refractivity contribution in [1.29, 1.82) is 0 Å². The van der Waals surface area contributed by atoms with E-state index < -0.39 is 9.84 Å². The molecule has 3 rings (SSSR count). The molecule has 0 spiro atoms. The highest BCUT2D eigenvalue weighted by Crippen LogP contribution is 2.35. The average molecular weight is 413 g/mol. The van der Waals surface area contributed by atoms with Gasteiger partial charge in [0, 0.05) is 30.7 Å². The molecule has 0 amide bonds. The van der Waals surface area contributed by atoms with E-state index in [4.69, 9.17) is 11.6 Å². The quantitative estimate of drug-likeness (QED) is 0.585. The minimum absolute atomic E-state index is 0.0565. The number of hydrogen-bond donors (Lipinski definition) is 2. The summed E-state index contributed by atoms with van der Waals surface area (Å²) in [5.41, 5.74) is 1.24. The number of piperidine rings is 1. The highest BCUT2D eigenvalue weighted by Gasteiger charge is 2.31. The first-order valence-corrected chi connectivity index (χ1v) is 11.7. The summed E-state index contributed by atoms with van der Waals surface area (Å²) >= 11 is 6.22. The van der Waals surface area contributed by atoms with E-state index in [9.17, 15) is 8.42 Å². The largest absolute Gasteiger partial charge is 0.356 e. The molecule has 2 fully saturated rings. The van der Waals surface area contributed by atoms with Gasteiger partial charge in [-0.1, -0.05) is 23.7 Å². The molecule has 0 aliphatic carbocycles. The van der Waals surface area contributed by atoms with Crippen molar-refractivity contribution in [2.45, 2.75) is 31.3 Å². The van der Waals surface area contributed by atoms with Gasteiger partial charge in [0.15, 0.2) is 15.8 Å². The van der Waals surface area contributed by atoms with Gasteiger partial charge in [-0.2, -0.15) is 0 Å². The topological polar surface area (TPSA) is 73.8 Å². The van der Waals surface area contributed by atoms with Crippen LogP contribution in [0.3, 0.4) is 0 Å². The predicted molar refractivity (Wildman–Crippen MR) is 111 cm³/mol. The van der Waals surface area contributed by atoms with Crippen LogP contribution in [0.2, 0.25) is 5.02 Å². The zero-order chi connectivity index (χ0) is 19.4. The Morgan fingerprint density at radius 2 is 2.19 bits per heavy atom. The third kappa shape index (κ3) is 5.36. The molecule has 2 N–H and O–H groups in total. The fourth-order valence-corrected chi connectivity index (χ4v) is 6.09. The predicted octanol–water partition coefficient (Wildman–Crippen LogP) is 2.08. The Morgan fingerprint density at radius 1 is 1.37 bits per heavy atom. The van der Waals surface area contributed by atoms with Crippen LogP contribution in [0.4, 0.5) is 0 Å². The molecule has 3 atom stereocenters. The number of halogens is 1. The molecule has 27 heavy (non-hydrogen) atoms. The van der Waals surface area contributed by atoms with E-state index in [1.807, 2.05) is 12.1 Å². The molecule has 1 aromatic carbocycles. The zero-order valence-corrected chi connectivity index (χ0v) is 17.6. The number of hydrogen-bond acceptors (Lipinski definition) is 4. The van der Waals surface area contributed by atoms with Crippen LogP contribution >= 0.6 is 11.6 Å². The second-order valence-electron chi connectivity index (χ2n) is 7.58. The summed E-state index contributed by atoms with van der Waals surface area (Å²) in [4.78, 5) is 6.67. The molecular formula is C19H29ClN4O2S. The number of guanidine groups is 1. The van der Waals surface area contributed by atoms with E-state index in [2.05, 4.69) is 39.7 Å². The average Bonchev–Trinajstić information content (AvgIpc) is 2.97. The SMILES string of the molecule is CN=C(NCC1CCCN(C)C1c1cccc(Cl)c1)NC1CCS(=O)(=O)C1. The Kier molecular flexibility index (Phi) is 6.65. The lowest BCUT2D eigenvalue weighted by Crippen LogP contribution is -2.47. The summed E-state index contributed by atoms with van der Waals surface area (Å²) in [7, 11) is 0.978. The highest BCUT2D eigenvalue weighted by atomic mass is 35.5. The van der Waals surface area contributed by atoms with Crippen molar-refractivity contribution in [1.82, 2.24) is 15.5 Å². The first-order valence-electron chi connectivity index (χ1n) is 9.51. The summed E-state index contributed by atoms with van der Waals surface area (Å²) in [6.07, 6.45) is 2.93. The molecule has 6 nitrogen and oxygen atoms in total. The van der Waals surface area contributed by atoms with Crippen LogP contribution in [-0.2, 0) is 9.84 Å². The van der Waals surface area contributed by atoms with E-state index in [1.54, 1.807) is 7.05 Å². The number of aliphatic imine (C=N–C) groups is 1. The maximum Gasteiger partial charge on any atom is 0.191 e. The van der Waals surface area contributed by atoms with Gasteiger partial charge in [0.2, 0.25) is 0 Å². The van der Waals surface area contributed by atoms with Gasteiger partial charge in [-0.3, -0.25) is 9.89 Å². The van der Waals surface area contributed by atoms with Crippen molar-refractivity contribution >= 4 is 27.4 Å². The Hall–Kier alpha value is -1.31. The second-order valence-corrected chi connectivity index (χ2v) is 10.2. The lowest BCUT2D eigenvalue weighted by molar-refractivity contribution is 0.122. The van der Waals surface area contributed by atoms with Gasteiger partial charge in [0.1, 0.15) is 0 Å². The van der Waals surface area contributed by atoms with Crippen LogP contribution in [-0.4, -0.2) is 64.0 Å². The van der Waals surface area contributed by atoms with Crippen LogP contribution in [0, 0.1) is 5.92 Å². The molecule has 2 heterocycles. The van der Waals surface area contributed by atoms with Crippen LogP contribution in [0.15, 0.2) is 29.3 Å². The molecule has 0 bridgehead atoms. The molecule has 8 heteroatoms. The number of nitrogens with one attached hydrogen (secondary N) is 2. The van der Waals surface area contributed by atoms with Crippen molar-refractivity contribution in [3.05, 3.63) is 34.9 Å². The molecule has 0 radical (unpaired) electrons. The van der Waals surface area contributed by atoms with Crippen LogP contribution < -0.4 is 10.6 Å². The molecule has 150 valence electrons. The zero-order valence-electron chi connectivity index (χ0n) is 16.0. The van der Waals surface area contributed by atoms with Crippen LogP contribution in [0.25, 0.3) is 0 Å². The molecule has 0 aromatic heterocycles. The van der Waals surface area contributed by atoms with Crippen LogP contribution in [0.1, 0.15) is 30.9 Å². The lowest BCUT2D eigenvalue weighted by atomic mass is 9.85. The van der Waals surface area contributed by atoms with Crippen molar-refractivity contribution in [2.75, 3.05) is 38.7 Å². The normalized spacial score (nSPS) is 28.9. The van der Waals surface area contributed by atoms with E-state index in [1.165, 1.54) is 5.56 Å². The Morgan fingerprint density at radius 3 is 2.85 bits per heavy atom. The van der Waals surface area contributed by atoms with E-state index >= 15 is 0 Å². The van der Waals surface area contributed by atoms with Crippen molar-refractivity contribution in [3.63, 3.8) is 0 Å². The minimum Gasteiger partial charge on any atom is -0.356 e. The number of nitrogens with zero attached hydrogens (tertiary/aromatic N) is 2. The lowest BCUT2D eigenvalue weighted by Gasteiger charge is -2.40. The minimum atomic E-state index is -2.91. The summed E-state index contributed by atoms with van der Waals surface area (Å²) in [6, 6.07) is 8.35. The molecule has 2 saturated heterocycles. The first-order chi connectivity index (χ1) is 12.9. The molecule has 2 aliphatic rings. The van der Waals surface area contributed by atoms with E-state index in [-0.39, 0.29) is 17.5 Å². The monoisotopic (exact) mass is 412 g/mol. The van der Waals surface area contributed by atoms with E-state index in [0.717, 1.165) is 31.0 Å². The van der Waals surface area contributed by atoms with Gasteiger partial charge in [-0.25, -0.2) is 8.42 Å². The third-order valence-electron chi connectivity index (χ3n) is 5.53. The number of sulfone groups is 1. The fourth-order valence-electron chi connectivity index (χ4n) is 4.22. The second kappa shape index (κ2) is 8.80.